The smallest absolute Gasteiger partial charge is 0.227 e. The van der Waals surface area contributed by atoms with E-state index in [2.05, 4.69) is 22.1 Å². The van der Waals surface area contributed by atoms with Crippen LogP contribution in [0, 0.1) is 6.92 Å². The first-order valence-electron chi connectivity index (χ1n) is 6.52. The first-order chi connectivity index (χ1) is 9.83. The summed E-state index contributed by atoms with van der Waals surface area (Å²) < 4.78 is 5.94. The third kappa shape index (κ3) is 1.60. The molecule has 0 aliphatic heterocycles. The van der Waals surface area contributed by atoms with Gasteiger partial charge in [0.15, 0.2) is 0 Å². The molecule has 0 unspecified atom stereocenters. The van der Waals surface area contributed by atoms with E-state index in [4.69, 9.17) is 4.42 Å². The maximum Gasteiger partial charge on any atom is 0.227 e. The van der Waals surface area contributed by atoms with Crippen molar-refractivity contribution < 1.29 is 4.42 Å². The van der Waals surface area contributed by atoms with Crippen LogP contribution in [0.4, 0.5) is 0 Å². The lowest BCUT2D eigenvalue weighted by Gasteiger charge is -2.00. The van der Waals surface area contributed by atoms with E-state index in [0.717, 1.165) is 33.2 Å². The lowest BCUT2D eigenvalue weighted by Crippen LogP contribution is -1.82. The van der Waals surface area contributed by atoms with E-state index in [0.29, 0.717) is 5.71 Å². The van der Waals surface area contributed by atoms with Gasteiger partial charge in [-0.05, 0) is 36.8 Å². The Hall–Kier alpha value is -2.68. The van der Waals surface area contributed by atoms with Gasteiger partial charge in [-0.2, -0.15) is 0 Å². The van der Waals surface area contributed by atoms with Crippen molar-refractivity contribution in [3.8, 4) is 11.3 Å². The van der Waals surface area contributed by atoms with Crippen LogP contribution in [0.25, 0.3) is 33.3 Å². The number of aryl methyl sites for hydroxylation is 1. The zero-order chi connectivity index (χ0) is 13.5. The average molecular weight is 260 g/mol. The first-order valence-corrected chi connectivity index (χ1v) is 6.52. The Morgan fingerprint density at radius 1 is 0.950 bits per heavy atom. The largest absolute Gasteiger partial charge is 0.437 e. The number of hydrogen-bond acceptors (Lipinski definition) is 3. The molecule has 0 aliphatic rings. The van der Waals surface area contributed by atoms with Gasteiger partial charge in [0.1, 0.15) is 5.58 Å². The van der Waals surface area contributed by atoms with Gasteiger partial charge >= 0.3 is 0 Å². The molecule has 4 aromatic rings. The van der Waals surface area contributed by atoms with Crippen LogP contribution in [-0.2, 0) is 0 Å². The molecule has 20 heavy (non-hydrogen) atoms. The number of rotatable bonds is 1. The molecule has 0 aliphatic carbocycles. The highest BCUT2D eigenvalue weighted by Crippen LogP contribution is 2.34. The summed E-state index contributed by atoms with van der Waals surface area (Å²) in [4.78, 5) is 8.77. The Morgan fingerprint density at radius 2 is 1.90 bits per heavy atom. The molecule has 3 nitrogen and oxygen atoms in total. The fourth-order valence-electron chi connectivity index (χ4n) is 2.51. The van der Waals surface area contributed by atoms with E-state index in [1.54, 1.807) is 6.20 Å². The Bertz CT molecular complexity index is 910. The van der Waals surface area contributed by atoms with Crippen molar-refractivity contribution in [1.29, 1.82) is 0 Å². The van der Waals surface area contributed by atoms with E-state index < -0.39 is 0 Å². The van der Waals surface area contributed by atoms with Crippen LogP contribution in [-0.4, -0.2) is 9.97 Å². The van der Waals surface area contributed by atoms with Gasteiger partial charge < -0.3 is 4.42 Å². The second kappa shape index (κ2) is 4.17. The fourth-order valence-corrected chi connectivity index (χ4v) is 2.51. The quantitative estimate of drug-likeness (QED) is 0.510. The molecule has 0 saturated carbocycles. The Kier molecular flexibility index (Phi) is 2.33. The number of aromatic nitrogens is 2. The van der Waals surface area contributed by atoms with E-state index in [-0.39, 0.29) is 0 Å². The van der Waals surface area contributed by atoms with Gasteiger partial charge in [0.25, 0.3) is 0 Å². The molecule has 0 spiro atoms. The van der Waals surface area contributed by atoms with E-state index in [9.17, 15) is 0 Å². The number of fused-ring (bicyclic) bond motifs is 3. The molecule has 0 fully saturated rings. The lowest BCUT2D eigenvalue weighted by molar-refractivity contribution is 0.654. The first kappa shape index (κ1) is 11.2. The van der Waals surface area contributed by atoms with E-state index in [1.165, 1.54) is 0 Å². The molecule has 3 aromatic heterocycles. The second-order valence-corrected chi connectivity index (χ2v) is 4.86. The van der Waals surface area contributed by atoms with E-state index >= 15 is 0 Å². The van der Waals surface area contributed by atoms with Crippen LogP contribution in [0.2, 0.25) is 0 Å². The van der Waals surface area contributed by atoms with Crippen molar-refractivity contribution in [3.05, 3.63) is 60.4 Å². The molecular weight excluding hydrogens is 248 g/mol. The van der Waals surface area contributed by atoms with Gasteiger partial charge in [-0.15, -0.1) is 0 Å². The molecule has 3 heterocycles. The molecule has 0 atom stereocenters. The van der Waals surface area contributed by atoms with Gasteiger partial charge in [0, 0.05) is 28.7 Å². The van der Waals surface area contributed by atoms with Crippen molar-refractivity contribution in [2.24, 2.45) is 0 Å². The molecule has 0 radical (unpaired) electrons. The molecule has 1 aromatic carbocycles. The Balaban J connectivity index is 2.11. The van der Waals surface area contributed by atoms with Crippen LogP contribution in [0.5, 0.6) is 0 Å². The molecule has 0 saturated heterocycles. The second-order valence-electron chi connectivity index (χ2n) is 4.86. The highest BCUT2D eigenvalue weighted by molar-refractivity contribution is 6.08. The Morgan fingerprint density at radius 3 is 2.75 bits per heavy atom. The van der Waals surface area contributed by atoms with Gasteiger partial charge in [0.2, 0.25) is 5.71 Å². The van der Waals surface area contributed by atoms with Crippen molar-refractivity contribution in [1.82, 2.24) is 9.97 Å². The topological polar surface area (TPSA) is 38.9 Å². The molecule has 0 bridgehead atoms. The highest BCUT2D eigenvalue weighted by atomic mass is 16.3. The maximum absolute atomic E-state index is 5.94. The van der Waals surface area contributed by atoms with Crippen molar-refractivity contribution in [2.45, 2.75) is 6.92 Å². The third-order valence-electron chi connectivity index (χ3n) is 3.43. The number of benzene rings is 1. The lowest BCUT2D eigenvalue weighted by atomic mass is 10.1. The fraction of sp³-hybridized carbons (Fsp3) is 0.0588. The molecular formula is C17H12N2O. The number of hydrogen-bond donors (Lipinski definition) is 0. The maximum atomic E-state index is 5.94. The summed E-state index contributed by atoms with van der Waals surface area (Å²) in [6.45, 7) is 2.04. The van der Waals surface area contributed by atoms with Crippen molar-refractivity contribution in [3.63, 3.8) is 0 Å². The summed E-state index contributed by atoms with van der Waals surface area (Å²) in [6, 6.07) is 14.1. The predicted molar refractivity (Wildman–Crippen MR) is 79.5 cm³/mol. The third-order valence-corrected chi connectivity index (χ3v) is 3.43. The summed E-state index contributed by atoms with van der Waals surface area (Å²) in [5, 5.41) is 2.14. The van der Waals surface area contributed by atoms with Crippen LogP contribution in [0.1, 0.15) is 5.56 Å². The highest BCUT2D eigenvalue weighted by Gasteiger charge is 2.13. The Labute approximate surface area is 115 Å². The van der Waals surface area contributed by atoms with Crippen LogP contribution in [0.15, 0.2) is 59.3 Å². The minimum absolute atomic E-state index is 0.675. The van der Waals surface area contributed by atoms with Crippen LogP contribution >= 0.6 is 0 Å². The minimum atomic E-state index is 0.675. The normalized spacial score (nSPS) is 11.2. The minimum Gasteiger partial charge on any atom is -0.437 e. The summed E-state index contributed by atoms with van der Waals surface area (Å²) in [5.74, 6) is 0. The summed E-state index contributed by atoms with van der Waals surface area (Å²) in [5.41, 5.74) is 4.56. The summed E-state index contributed by atoms with van der Waals surface area (Å²) >= 11 is 0. The van der Waals surface area contributed by atoms with Gasteiger partial charge in [-0.3, -0.25) is 4.98 Å². The zero-order valence-corrected chi connectivity index (χ0v) is 11.0. The molecule has 96 valence electrons. The van der Waals surface area contributed by atoms with Crippen molar-refractivity contribution >= 4 is 22.1 Å². The monoisotopic (exact) mass is 260 g/mol. The zero-order valence-electron chi connectivity index (χ0n) is 11.0. The summed E-state index contributed by atoms with van der Waals surface area (Å²) in [6.07, 6.45) is 3.62. The van der Waals surface area contributed by atoms with Gasteiger partial charge in [-0.25, -0.2) is 4.98 Å². The number of pyridine rings is 2. The predicted octanol–water partition coefficient (Wildman–Crippen LogP) is 4.35. The molecule has 0 amide bonds. The van der Waals surface area contributed by atoms with Crippen molar-refractivity contribution in [2.75, 3.05) is 0 Å². The molecule has 0 N–H and O–H groups in total. The standard InChI is InChI=1S/C17H12N2O/c1-11-9-14-12-5-4-6-13(15-7-2-3-8-18-15)16(12)20-17(14)19-10-11/h2-10H,1H3. The van der Waals surface area contributed by atoms with Crippen LogP contribution in [0.3, 0.4) is 0 Å². The molecule has 4 rings (SSSR count). The summed E-state index contributed by atoms with van der Waals surface area (Å²) in [7, 11) is 0. The van der Waals surface area contributed by atoms with E-state index in [1.807, 2.05) is 43.5 Å². The number of para-hydroxylation sites is 1. The SMILES string of the molecule is Cc1cnc2oc3c(-c4ccccn4)cccc3c2c1. The van der Waals surface area contributed by atoms with Gasteiger partial charge in [-0.1, -0.05) is 18.2 Å². The van der Waals surface area contributed by atoms with Gasteiger partial charge in [0.05, 0.1) is 5.69 Å². The number of furan rings is 1. The van der Waals surface area contributed by atoms with Crippen LogP contribution < -0.4 is 0 Å². The molecule has 3 heteroatoms. The number of nitrogens with zero attached hydrogens (tertiary/aromatic N) is 2. The average Bonchev–Trinajstić information content (AvgIpc) is 2.86.